The van der Waals surface area contributed by atoms with Crippen molar-refractivity contribution in [3.05, 3.63) is 24.0 Å². The number of anilines is 1. The maximum absolute atomic E-state index is 12.8. The molecule has 0 aromatic carbocycles. The third kappa shape index (κ3) is 2.78. The Labute approximate surface area is 147 Å². The maximum Gasteiger partial charge on any atom is 0.274 e. The lowest BCUT2D eigenvalue weighted by atomic mass is 9.97. The minimum atomic E-state index is -0.111. The molecule has 1 amide bonds. The smallest absolute Gasteiger partial charge is 0.274 e. The lowest BCUT2D eigenvalue weighted by Crippen LogP contribution is -2.47. The number of aromatic nitrogens is 1. The van der Waals surface area contributed by atoms with Crippen molar-refractivity contribution >= 4 is 22.8 Å². The van der Waals surface area contributed by atoms with Crippen LogP contribution in [0.2, 0.25) is 0 Å². The Morgan fingerprint density at radius 3 is 2.96 bits per heavy atom. The molecule has 5 rings (SSSR count). The first-order valence-electron chi connectivity index (χ1n) is 9.43. The number of furan rings is 1. The molecule has 6 heteroatoms. The second-order valence-corrected chi connectivity index (χ2v) is 7.68. The first-order chi connectivity index (χ1) is 12.3. The molecule has 3 aliphatic heterocycles. The number of pyridine rings is 1. The number of hydrogen-bond acceptors (Lipinski definition) is 5. The number of hydrogen-bond donors (Lipinski definition) is 1. The van der Waals surface area contributed by atoms with E-state index in [2.05, 4.69) is 20.1 Å². The van der Waals surface area contributed by atoms with Crippen molar-refractivity contribution in [3.63, 3.8) is 0 Å². The summed E-state index contributed by atoms with van der Waals surface area (Å²) in [6.07, 6.45) is 6.44. The second kappa shape index (κ2) is 6.02. The van der Waals surface area contributed by atoms with Crippen LogP contribution >= 0.6 is 0 Å². The van der Waals surface area contributed by atoms with Gasteiger partial charge in [-0.2, -0.15) is 0 Å². The van der Waals surface area contributed by atoms with Crippen LogP contribution in [0.5, 0.6) is 0 Å². The van der Waals surface area contributed by atoms with Gasteiger partial charge in [0.15, 0.2) is 17.2 Å². The van der Waals surface area contributed by atoms with Gasteiger partial charge in [0.2, 0.25) is 0 Å². The van der Waals surface area contributed by atoms with E-state index in [1.807, 2.05) is 12.1 Å². The summed E-state index contributed by atoms with van der Waals surface area (Å²) in [5.41, 5.74) is 1.02. The highest BCUT2D eigenvalue weighted by molar-refractivity contribution is 6.03. The van der Waals surface area contributed by atoms with E-state index in [0.717, 1.165) is 43.2 Å². The summed E-state index contributed by atoms with van der Waals surface area (Å²) in [7, 11) is 0. The van der Waals surface area contributed by atoms with Crippen LogP contribution in [0.25, 0.3) is 11.0 Å². The van der Waals surface area contributed by atoms with E-state index >= 15 is 0 Å². The molecule has 25 heavy (non-hydrogen) atoms. The van der Waals surface area contributed by atoms with E-state index in [-0.39, 0.29) is 11.9 Å². The van der Waals surface area contributed by atoms with Crippen LogP contribution in [-0.2, 0) is 0 Å². The van der Waals surface area contributed by atoms with Crippen LogP contribution in [0.4, 0.5) is 5.88 Å². The van der Waals surface area contributed by atoms with E-state index in [1.165, 1.54) is 32.4 Å². The van der Waals surface area contributed by atoms with Crippen LogP contribution in [0.15, 0.2) is 22.7 Å². The van der Waals surface area contributed by atoms with Gasteiger partial charge in [0, 0.05) is 49.9 Å². The van der Waals surface area contributed by atoms with Gasteiger partial charge in [0.05, 0.1) is 0 Å². The number of nitrogens with zero attached hydrogens (tertiary/aromatic N) is 3. The lowest BCUT2D eigenvalue weighted by Gasteiger charge is -2.30. The molecule has 0 radical (unpaired) electrons. The summed E-state index contributed by atoms with van der Waals surface area (Å²) in [5, 5.41) is 4.14. The third-order valence-electron chi connectivity index (χ3n) is 5.86. The van der Waals surface area contributed by atoms with E-state index in [4.69, 9.17) is 4.42 Å². The molecule has 3 atom stereocenters. The highest BCUT2D eigenvalue weighted by Crippen LogP contribution is 2.30. The molecular formula is C19H24N4O2. The Bertz CT molecular complexity index is 784. The number of carbonyl (C=O) groups is 1. The van der Waals surface area contributed by atoms with E-state index < -0.39 is 0 Å². The van der Waals surface area contributed by atoms with Crippen molar-refractivity contribution < 1.29 is 9.21 Å². The molecule has 1 N–H and O–H groups in total. The molecular weight excluding hydrogens is 316 g/mol. The average molecular weight is 340 g/mol. The van der Waals surface area contributed by atoms with Crippen LogP contribution in [0, 0.1) is 5.92 Å². The second-order valence-electron chi connectivity index (χ2n) is 7.68. The van der Waals surface area contributed by atoms with Gasteiger partial charge in [0.1, 0.15) is 0 Å². The summed E-state index contributed by atoms with van der Waals surface area (Å²) < 4.78 is 6.04. The van der Waals surface area contributed by atoms with Crippen molar-refractivity contribution in [2.24, 2.45) is 5.92 Å². The Morgan fingerprint density at radius 2 is 2.12 bits per heavy atom. The average Bonchev–Trinajstić information content (AvgIpc) is 3.33. The topological polar surface area (TPSA) is 61.6 Å². The minimum absolute atomic E-state index is 0.111. The monoisotopic (exact) mass is 340 g/mol. The summed E-state index contributed by atoms with van der Waals surface area (Å²) in [4.78, 5) is 21.8. The molecule has 3 saturated heterocycles. The Balaban J connectivity index is 1.38. The SMILES string of the molecule is O=C(N[C@@H]1C[C@H]2CCN(C2)C1)c1nccc2cc(N3CCCC3)oc12. The van der Waals surface area contributed by atoms with Crippen LogP contribution in [0.3, 0.4) is 0 Å². The summed E-state index contributed by atoms with van der Waals surface area (Å²) in [6.45, 7) is 5.36. The minimum Gasteiger partial charge on any atom is -0.438 e. The van der Waals surface area contributed by atoms with Crippen molar-refractivity contribution in [1.29, 1.82) is 0 Å². The summed E-state index contributed by atoms with van der Waals surface area (Å²) in [6, 6.07) is 4.17. The van der Waals surface area contributed by atoms with Gasteiger partial charge < -0.3 is 19.5 Å². The van der Waals surface area contributed by atoms with Gasteiger partial charge in [-0.05, 0) is 44.2 Å². The van der Waals surface area contributed by atoms with Gasteiger partial charge >= 0.3 is 0 Å². The molecule has 1 unspecified atom stereocenters. The fourth-order valence-electron chi connectivity index (χ4n) is 4.62. The van der Waals surface area contributed by atoms with Crippen molar-refractivity contribution in [2.75, 3.05) is 37.6 Å². The first-order valence-corrected chi connectivity index (χ1v) is 9.43. The Kier molecular flexibility index (Phi) is 3.66. The van der Waals surface area contributed by atoms with Crippen LogP contribution in [0.1, 0.15) is 36.2 Å². The van der Waals surface area contributed by atoms with Gasteiger partial charge in [-0.1, -0.05) is 0 Å². The van der Waals surface area contributed by atoms with E-state index in [1.54, 1.807) is 6.20 Å². The Hall–Kier alpha value is -2.08. The van der Waals surface area contributed by atoms with Gasteiger partial charge in [-0.25, -0.2) is 4.98 Å². The molecule has 132 valence electrons. The molecule has 2 bridgehead atoms. The number of piperidine rings is 1. The molecule has 5 heterocycles. The lowest BCUT2D eigenvalue weighted by molar-refractivity contribution is 0.0905. The highest BCUT2D eigenvalue weighted by Gasteiger charge is 2.33. The van der Waals surface area contributed by atoms with Crippen molar-refractivity contribution in [2.45, 2.75) is 31.7 Å². The summed E-state index contributed by atoms with van der Waals surface area (Å²) >= 11 is 0. The normalized spacial score (nSPS) is 28.6. The maximum atomic E-state index is 12.8. The standard InChI is InChI=1S/C19H24N4O2/c24-19(21-15-9-13-4-8-22(11-13)12-15)17-18-14(3-5-20-17)10-16(25-18)23-6-1-2-7-23/h3,5,10,13,15H,1-2,4,6-9,11-12H2,(H,21,24)/t13-,15-/m1/s1. The molecule has 0 aliphatic carbocycles. The fourth-order valence-corrected chi connectivity index (χ4v) is 4.62. The predicted molar refractivity (Wildman–Crippen MR) is 95.9 cm³/mol. The van der Waals surface area contributed by atoms with Crippen molar-refractivity contribution in [1.82, 2.24) is 15.2 Å². The zero-order chi connectivity index (χ0) is 16.8. The zero-order valence-corrected chi connectivity index (χ0v) is 14.4. The van der Waals surface area contributed by atoms with Gasteiger partial charge in [-0.15, -0.1) is 0 Å². The van der Waals surface area contributed by atoms with E-state index in [9.17, 15) is 4.79 Å². The van der Waals surface area contributed by atoms with Crippen LogP contribution < -0.4 is 10.2 Å². The molecule has 2 aromatic rings. The number of fused-ring (bicyclic) bond motifs is 3. The number of carbonyl (C=O) groups excluding carboxylic acids is 1. The number of rotatable bonds is 3. The molecule has 3 aliphatic rings. The largest absolute Gasteiger partial charge is 0.438 e. The number of amides is 1. The van der Waals surface area contributed by atoms with Gasteiger partial charge in [-0.3, -0.25) is 4.79 Å². The summed E-state index contributed by atoms with van der Waals surface area (Å²) in [5.74, 6) is 1.48. The Morgan fingerprint density at radius 1 is 1.24 bits per heavy atom. The first kappa shape index (κ1) is 15.2. The predicted octanol–water partition coefficient (Wildman–Crippen LogP) is 2.25. The number of nitrogens with one attached hydrogen (secondary N) is 1. The van der Waals surface area contributed by atoms with Crippen LogP contribution in [-0.4, -0.2) is 54.6 Å². The molecule has 0 saturated carbocycles. The molecule has 2 aromatic heterocycles. The third-order valence-corrected chi connectivity index (χ3v) is 5.86. The zero-order valence-electron chi connectivity index (χ0n) is 14.4. The quantitative estimate of drug-likeness (QED) is 0.929. The highest BCUT2D eigenvalue weighted by atomic mass is 16.4. The van der Waals surface area contributed by atoms with Gasteiger partial charge in [0.25, 0.3) is 5.91 Å². The fraction of sp³-hybridized carbons (Fsp3) is 0.579. The van der Waals surface area contributed by atoms with E-state index in [0.29, 0.717) is 11.3 Å². The molecule has 0 spiro atoms. The molecule has 3 fully saturated rings. The molecule has 6 nitrogen and oxygen atoms in total. The van der Waals surface area contributed by atoms with Crippen molar-refractivity contribution in [3.8, 4) is 0 Å².